The smallest absolute Gasteiger partial charge is 0.491 e. The summed E-state index contributed by atoms with van der Waals surface area (Å²) in [5.74, 6) is 0.430. The van der Waals surface area contributed by atoms with E-state index in [1.54, 1.807) is 12.3 Å². The summed E-state index contributed by atoms with van der Waals surface area (Å²) in [5.41, 5.74) is 5.71. The van der Waals surface area contributed by atoms with Crippen LogP contribution in [0, 0.1) is 6.92 Å². The molecule has 0 fully saturated rings. The lowest BCUT2D eigenvalue weighted by molar-refractivity contribution is 0.243. The number of hydrogen-bond donors (Lipinski definition) is 3. The van der Waals surface area contributed by atoms with Crippen LogP contribution in [-0.4, -0.2) is 29.5 Å². The van der Waals surface area contributed by atoms with E-state index >= 15 is 0 Å². The van der Waals surface area contributed by atoms with Crippen molar-refractivity contribution in [1.29, 1.82) is 0 Å². The van der Waals surface area contributed by atoms with Crippen molar-refractivity contribution in [2.45, 2.75) is 26.9 Å². The summed E-state index contributed by atoms with van der Waals surface area (Å²) in [6, 6.07) is 13.2. The fraction of sp³-hybridized carbons (Fsp3) is 0.235. The van der Waals surface area contributed by atoms with Crippen molar-refractivity contribution < 1.29 is 14.8 Å². The summed E-state index contributed by atoms with van der Waals surface area (Å²) in [4.78, 5) is 0. The monoisotopic (exact) mass is 312 g/mol. The summed E-state index contributed by atoms with van der Waals surface area (Å²) >= 11 is 0. The summed E-state index contributed by atoms with van der Waals surface area (Å²) in [7, 11) is -1.60. The van der Waals surface area contributed by atoms with Crippen LogP contribution in [0.4, 0.5) is 5.69 Å². The topological polar surface area (TPSA) is 74.1 Å². The highest BCUT2D eigenvalue weighted by atomic mass is 16.5. The molecule has 0 aromatic heterocycles. The number of benzene rings is 2. The molecular formula is C17H21BN2O3. The first-order valence-electron chi connectivity index (χ1n) is 7.49. The van der Waals surface area contributed by atoms with Crippen molar-refractivity contribution >= 4 is 24.5 Å². The molecule has 3 N–H and O–H groups in total. The van der Waals surface area contributed by atoms with Gasteiger partial charge in [0.05, 0.1) is 18.0 Å². The fourth-order valence-electron chi connectivity index (χ4n) is 2.18. The number of hydrazone groups is 1. The van der Waals surface area contributed by atoms with Crippen molar-refractivity contribution in [3.63, 3.8) is 0 Å². The molecule has 0 unspecified atom stereocenters. The number of anilines is 1. The molecule has 0 saturated carbocycles. The predicted octanol–water partition coefficient (Wildman–Crippen LogP) is 1.91. The lowest BCUT2D eigenvalue weighted by atomic mass is 9.77. The second-order valence-electron chi connectivity index (χ2n) is 5.55. The highest BCUT2D eigenvalue weighted by Crippen LogP contribution is 2.18. The van der Waals surface area contributed by atoms with Crippen LogP contribution in [0.1, 0.15) is 25.0 Å². The molecule has 0 spiro atoms. The Balaban J connectivity index is 2.32. The third-order valence-corrected chi connectivity index (χ3v) is 3.09. The van der Waals surface area contributed by atoms with E-state index in [4.69, 9.17) is 4.74 Å². The minimum atomic E-state index is -1.60. The number of nitrogens with one attached hydrogen (secondary N) is 1. The molecule has 0 saturated heterocycles. The van der Waals surface area contributed by atoms with Crippen molar-refractivity contribution in [2.24, 2.45) is 5.10 Å². The molecule has 0 amide bonds. The highest BCUT2D eigenvalue weighted by molar-refractivity contribution is 6.60. The van der Waals surface area contributed by atoms with E-state index in [9.17, 15) is 10.0 Å². The van der Waals surface area contributed by atoms with Gasteiger partial charge in [-0.3, -0.25) is 5.43 Å². The molecule has 23 heavy (non-hydrogen) atoms. The lowest BCUT2D eigenvalue weighted by Crippen LogP contribution is -2.33. The van der Waals surface area contributed by atoms with Gasteiger partial charge in [-0.2, -0.15) is 5.10 Å². The van der Waals surface area contributed by atoms with Crippen LogP contribution in [0.5, 0.6) is 5.75 Å². The van der Waals surface area contributed by atoms with Gasteiger partial charge in [-0.25, -0.2) is 0 Å². The van der Waals surface area contributed by atoms with E-state index in [2.05, 4.69) is 10.5 Å². The SMILES string of the molecule is Cc1cc(C=NNc2ccccc2)c(OC(C)C)c(B(O)O)c1. The number of para-hydroxylation sites is 1. The Hall–Kier alpha value is -2.31. The first kappa shape index (κ1) is 17.1. The van der Waals surface area contributed by atoms with Gasteiger partial charge in [-0.15, -0.1) is 0 Å². The molecule has 2 aromatic rings. The van der Waals surface area contributed by atoms with Gasteiger partial charge in [-0.1, -0.05) is 29.8 Å². The third kappa shape index (κ3) is 4.84. The first-order chi connectivity index (χ1) is 11.0. The predicted molar refractivity (Wildman–Crippen MR) is 94.4 cm³/mol. The van der Waals surface area contributed by atoms with E-state index in [1.807, 2.05) is 57.2 Å². The Bertz CT molecular complexity index is 673. The first-order valence-corrected chi connectivity index (χ1v) is 7.49. The maximum absolute atomic E-state index is 9.59. The van der Waals surface area contributed by atoms with Gasteiger partial charge in [0.15, 0.2) is 0 Å². The molecule has 0 atom stereocenters. The molecule has 0 radical (unpaired) electrons. The van der Waals surface area contributed by atoms with Crippen LogP contribution in [0.3, 0.4) is 0 Å². The summed E-state index contributed by atoms with van der Waals surface area (Å²) in [5, 5.41) is 23.4. The largest absolute Gasteiger partial charge is 0.492 e. The van der Waals surface area contributed by atoms with Gasteiger partial charge < -0.3 is 14.8 Å². The Morgan fingerprint density at radius 2 is 1.87 bits per heavy atom. The number of aryl methyl sites for hydroxylation is 1. The molecule has 2 aromatic carbocycles. The van der Waals surface area contributed by atoms with Gasteiger partial charge in [0.2, 0.25) is 0 Å². The number of ether oxygens (including phenoxy) is 1. The lowest BCUT2D eigenvalue weighted by Gasteiger charge is -2.17. The normalized spacial score (nSPS) is 11.0. The molecule has 6 heteroatoms. The van der Waals surface area contributed by atoms with Gasteiger partial charge in [0.1, 0.15) is 5.75 Å². The van der Waals surface area contributed by atoms with Crippen molar-refractivity contribution in [1.82, 2.24) is 0 Å². The van der Waals surface area contributed by atoms with Gasteiger partial charge in [-0.05, 0) is 39.0 Å². The highest BCUT2D eigenvalue weighted by Gasteiger charge is 2.21. The van der Waals surface area contributed by atoms with E-state index in [-0.39, 0.29) is 6.10 Å². The van der Waals surface area contributed by atoms with Gasteiger partial charge >= 0.3 is 7.12 Å². The maximum atomic E-state index is 9.59. The fourth-order valence-corrected chi connectivity index (χ4v) is 2.18. The van der Waals surface area contributed by atoms with E-state index < -0.39 is 7.12 Å². The van der Waals surface area contributed by atoms with Crippen molar-refractivity contribution in [2.75, 3.05) is 5.43 Å². The Kier molecular flexibility index (Phi) is 5.79. The standard InChI is InChI=1S/C17H21BN2O3/c1-12(2)23-17-14(9-13(3)10-16(17)18(21)22)11-19-20-15-7-5-4-6-8-15/h4-12,20-22H,1-3H3. The molecule has 0 aliphatic carbocycles. The molecule has 5 nitrogen and oxygen atoms in total. The average molecular weight is 312 g/mol. The average Bonchev–Trinajstić information content (AvgIpc) is 2.50. The van der Waals surface area contributed by atoms with Crippen molar-refractivity contribution in [3.8, 4) is 5.75 Å². The van der Waals surface area contributed by atoms with Crippen LogP contribution < -0.4 is 15.6 Å². The summed E-state index contributed by atoms with van der Waals surface area (Å²) in [6.07, 6.45) is 1.52. The second kappa shape index (κ2) is 7.81. The van der Waals surface area contributed by atoms with Crippen LogP contribution in [0.2, 0.25) is 0 Å². The molecule has 120 valence electrons. The molecule has 0 heterocycles. The van der Waals surface area contributed by atoms with E-state index in [0.717, 1.165) is 11.3 Å². The Morgan fingerprint density at radius 1 is 1.17 bits per heavy atom. The van der Waals surface area contributed by atoms with Crippen molar-refractivity contribution in [3.05, 3.63) is 53.6 Å². The number of hydrogen-bond acceptors (Lipinski definition) is 5. The van der Waals surface area contributed by atoms with Crippen LogP contribution in [-0.2, 0) is 0 Å². The minimum Gasteiger partial charge on any atom is -0.491 e. The molecular weight excluding hydrogens is 291 g/mol. The zero-order valence-corrected chi connectivity index (χ0v) is 13.5. The molecule has 0 bridgehead atoms. The van der Waals surface area contributed by atoms with Crippen LogP contribution in [0.25, 0.3) is 0 Å². The number of rotatable bonds is 6. The number of nitrogens with zero attached hydrogens (tertiary/aromatic N) is 1. The Morgan fingerprint density at radius 3 is 2.48 bits per heavy atom. The maximum Gasteiger partial charge on any atom is 0.492 e. The quantitative estimate of drug-likeness (QED) is 0.433. The molecule has 2 rings (SSSR count). The summed E-state index contributed by atoms with van der Waals surface area (Å²) < 4.78 is 5.76. The zero-order chi connectivity index (χ0) is 16.8. The zero-order valence-electron chi connectivity index (χ0n) is 13.5. The van der Waals surface area contributed by atoms with Crippen LogP contribution >= 0.6 is 0 Å². The molecule has 0 aliphatic rings. The summed E-state index contributed by atoms with van der Waals surface area (Å²) in [6.45, 7) is 5.65. The van der Waals surface area contributed by atoms with E-state index in [1.165, 1.54) is 0 Å². The Labute approximate surface area is 136 Å². The van der Waals surface area contributed by atoms with Gasteiger partial charge in [0, 0.05) is 11.0 Å². The molecule has 0 aliphatic heterocycles. The van der Waals surface area contributed by atoms with Crippen LogP contribution in [0.15, 0.2) is 47.6 Å². The second-order valence-corrected chi connectivity index (χ2v) is 5.55. The minimum absolute atomic E-state index is 0.0931. The van der Waals surface area contributed by atoms with E-state index in [0.29, 0.717) is 16.8 Å². The van der Waals surface area contributed by atoms with Gasteiger partial charge in [0.25, 0.3) is 0 Å². The third-order valence-electron chi connectivity index (χ3n) is 3.09.